The smallest absolute Gasteiger partial charge is 0.248 e. The normalized spacial score (nSPS) is 16.3. The number of hydrogen-bond acceptors (Lipinski definition) is 6. The Bertz CT molecular complexity index is 1160. The van der Waals surface area contributed by atoms with E-state index in [0.717, 1.165) is 15.2 Å². The lowest BCUT2D eigenvalue weighted by Crippen LogP contribution is -2.47. The maximum absolute atomic E-state index is 12.9. The first-order valence-electron chi connectivity index (χ1n) is 9.55. The summed E-state index contributed by atoms with van der Waals surface area (Å²) in [5.41, 5.74) is 1.33. The molecule has 0 radical (unpaired) electrons. The molecule has 1 N–H and O–H groups in total. The SMILES string of the molecule is CN1CCN(S(=O)(=O)c2cccc(NC(=O)C=Cc3nc4ccccc4s3)c2)CC1. The number of sulfonamides is 1. The van der Waals surface area contributed by atoms with Crippen molar-refractivity contribution < 1.29 is 13.2 Å². The second-order valence-corrected chi connectivity index (χ2v) is 10.1. The van der Waals surface area contributed by atoms with Crippen LogP contribution in [0.15, 0.2) is 59.5 Å². The van der Waals surface area contributed by atoms with Gasteiger partial charge in [-0.15, -0.1) is 11.3 Å². The average Bonchev–Trinajstić information content (AvgIpc) is 3.16. The van der Waals surface area contributed by atoms with E-state index in [1.54, 1.807) is 24.3 Å². The Morgan fingerprint density at radius 3 is 2.63 bits per heavy atom. The third kappa shape index (κ3) is 4.59. The van der Waals surface area contributed by atoms with Crippen LogP contribution in [-0.2, 0) is 14.8 Å². The minimum absolute atomic E-state index is 0.181. The van der Waals surface area contributed by atoms with Crippen molar-refractivity contribution in [3.05, 3.63) is 59.6 Å². The summed E-state index contributed by atoms with van der Waals surface area (Å²) in [7, 11) is -1.61. The zero-order chi connectivity index (χ0) is 21.1. The maximum atomic E-state index is 12.9. The van der Waals surface area contributed by atoms with Gasteiger partial charge in [0.25, 0.3) is 0 Å². The van der Waals surface area contributed by atoms with Gasteiger partial charge in [-0.3, -0.25) is 4.79 Å². The van der Waals surface area contributed by atoms with Crippen molar-refractivity contribution in [3.8, 4) is 0 Å². The highest BCUT2D eigenvalue weighted by Gasteiger charge is 2.27. The standard InChI is InChI=1S/C21H22N4O3S2/c1-24-11-13-25(14-12-24)30(27,28)17-6-4-5-16(15-17)22-20(26)9-10-21-23-18-7-2-3-8-19(18)29-21/h2-10,15H,11-14H2,1H3,(H,22,26). The summed E-state index contributed by atoms with van der Waals surface area (Å²) in [6.45, 7) is 2.32. The quantitative estimate of drug-likeness (QED) is 0.615. The highest BCUT2D eigenvalue weighted by molar-refractivity contribution is 7.89. The molecular formula is C21H22N4O3S2. The van der Waals surface area contributed by atoms with Crippen molar-refractivity contribution in [2.75, 3.05) is 38.5 Å². The van der Waals surface area contributed by atoms with Gasteiger partial charge in [0.2, 0.25) is 15.9 Å². The predicted octanol–water partition coefficient (Wildman–Crippen LogP) is 2.88. The van der Waals surface area contributed by atoms with Gasteiger partial charge in [0, 0.05) is 37.9 Å². The number of nitrogens with zero attached hydrogens (tertiary/aromatic N) is 3. The van der Waals surface area contributed by atoms with Gasteiger partial charge in [-0.25, -0.2) is 13.4 Å². The highest BCUT2D eigenvalue weighted by atomic mass is 32.2. The van der Waals surface area contributed by atoms with Crippen LogP contribution in [0.3, 0.4) is 0 Å². The molecule has 1 aliphatic rings. The van der Waals surface area contributed by atoms with Gasteiger partial charge >= 0.3 is 0 Å². The summed E-state index contributed by atoms with van der Waals surface area (Å²) in [5.74, 6) is -0.344. The lowest BCUT2D eigenvalue weighted by molar-refractivity contribution is -0.111. The summed E-state index contributed by atoms with van der Waals surface area (Å²) in [6.07, 6.45) is 3.06. The van der Waals surface area contributed by atoms with Crippen LogP contribution in [0, 0.1) is 0 Å². The molecule has 0 unspecified atom stereocenters. The fraction of sp³-hybridized carbons (Fsp3) is 0.238. The summed E-state index contributed by atoms with van der Waals surface area (Å²) in [4.78, 5) is 19.1. The van der Waals surface area contributed by atoms with Crippen molar-refractivity contribution in [1.82, 2.24) is 14.2 Å². The Balaban J connectivity index is 1.45. The molecule has 4 rings (SSSR count). The van der Waals surface area contributed by atoms with Crippen LogP contribution in [0.2, 0.25) is 0 Å². The van der Waals surface area contributed by atoms with E-state index in [1.165, 1.54) is 27.8 Å². The third-order valence-electron chi connectivity index (χ3n) is 4.89. The van der Waals surface area contributed by atoms with Crippen LogP contribution in [-0.4, -0.2) is 61.7 Å². The number of hydrogen-bond donors (Lipinski definition) is 1. The van der Waals surface area contributed by atoms with Crippen LogP contribution in [0.5, 0.6) is 0 Å². The number of thiazole rings is 1. The molecule has 2 aromatic carbocycles. The highest BCUT2D eigenvalue weighted by Crippen LogP contribution is 2.23. The Kier molecular flexibility index (Phi) is 5.96. The van der Waals surface area contributed by atoms with Gasteiger partial charge in [0.1, 0.15) is 5.01 Å². The van der Waals surface area contributed by atoms with Crippen molar-refractivity contribution >= 4 is 49.2 Å². The second kappa shape index (κ2) is 8.65. The van der Waals surface area contributed by atoms with E-state index >= 15 is 0 Å². The lowest BCUT2D eigenvalue weighted by Gasteiger charge is -2.31. The second-order valence-electron chi connectivity index (χ2n) is 7.08. The molecule has 0 bridgehead atoms. The van der Waals surface area contributed by atoms with Crippen LogP contribution in [0.1, 0.15) is 5.01 Å². The van der Waals surface area contributed by atoms with E-state index in [9.17, 15) is 13.2 Å². The van der Waals surface area contributed by atoms with Crippen LogP contribution in [0.25, 0.3) is 16.3 Å². The Hall–Kier alpha value is -2.59. The van der Waals surface area contributed by atoms with E-state index in [2.05, 4.69) is 15.2 Å². The number of amides is 1. The number of nitrogens with one attached hydrogen (secondary N) is 1. The minimum atomic E-state index is -3.58. The molecule has 9 heteroatoms. The minimum Gasteiger partial charge on any atom is -0.322 e. The maximum Gasteiger partial charge on any atom is 0.248 e. The lowest BCUT2D eigenvalue weighted by atomic mass is 10.3. The molecular weight excluding hydrogens is 420 g/mol. The van der Waals surface area contributed by atoms with Gasteiger partial charge in [-0.1, -0.05) is 18.2 Å². The van der Waals surface area contributed by atoms with E-state index < -0.39 is 10.0 Å². The Morgan fingerprint density at radius 1 is 1.10 bits per heavy atom. The van der Waals surface area contributed by atoms with Crippen LogP contribution in [0.4, 0.5) is 5.69 Å². The molecule has 1 fully saturated rings. The largest absolute Gasteiger partial charge is 0.322 e. The predicted molar refractivity (Wildman–Crippen MR) is 120 cm³/mol. The van der Waals surface area contributed by atoms with Gasteiger partial charge < -0.3 is 10.2 Å². The van der Waals surface area contributed by atoms with Crippen molar-refractivity contribution in [3.63, 3.8) is 0 Å². The van der Waals surface area contributed by atoms with Crippen molar-refractivity contribution in [2.24, 2.45) is 0 Å². The first-order chi connectivity index (χ1) is 14.4. The van der Waals surface area contributed by atoms with Gasteiger partial charge in [-0.05, 0) is 43.5 Å². The number of para-hydroxylation sites is 1. The van der Waals surface area contributed by atoms with E-state index in [1.807, 2.05) is 31.3 Å². The zero-order valence-corrected chi connectivity index (χ0v) is 18.1. The van der Waals surface area contributed by atoms with Gasteiger partial charge in [0.15, 0.2) is 0 Å². The molecule has 1 aliphatic heterocycles. The Morgan fingerprint density at radius 2 is 1.87 bits per heavy atom. The van der Waals surface area contributed by atoms with Gasteiger partial charge in [0.05, 0.1) is 15.1 Å². The van der Waals surface area contributed by atoms with Gasteiger partial charge in [-0.2, -0.15) is 4.31 Å². The van der Waals surface area contributed by atoms with Crippen molar-refractivity contribution in [2.45, 2.75) is 4.90 Å². The number of aromatic nitrogens is 1. The molecule has 7 nitrogen and oxygen atoms in total. The number of fused-ring (bicyclic) bond motifs is 1. The fourth-order valence-corrected chi connectivity index (χ4v) is 5.54. The molecule has 0 aliphatic carbocycles. The fourth-order valence-electron chi connectivity index (χ4n) is 3.20. The average molecular weight is 443 g/mol. The van der Waals surface area contributed by atoms with Crippen molar-refractivity contribution in [1.29, 1.82) is 0 Å². The monoisotopic (exact) mass is 442 g/mol. The summed E-state index contributed by atoms with van der Waals surface area (Å²) < 4.78 is 28.3. The first kappa shape index (κ1) is 20.7. The first-order valence-corrected chi connectivity index (χ1v) is 11.8. The Labute approximate surface area is 179 Å². The zero-order valence-electron chi connectivity index (χ0n) is 16.5. The summed E-state index contributed by atoms with van der Waals surface area (Å²) in [6, 6.07) is 14.1. The molecule has 2 heterocycles. The molecule has 3 aromatic rings. The molecule has 0 atom stereocenters. The number of anilines is 1. The molecule has 30 heavy (non-hydrogen) atoms. The molecule has 156 valence electrons. The number of carbonyl (C=O) groups excluding carboxylic acids is 1. The molecule has 0 spiro atoms. The number of piperazine rings is 1. The number of rotatable bonds is 5. The molecule has 0 saturated carbocycles. The topological polar surface area (TPSA) is 82.6 Å². The molecule has 1 saturated heterocycles. The number of carbonyl (C=O) groups is 1. The molecule has 1 aromatic heterocycles. The number of likely N-dealkylation sites (N-methyl/N-ethyl adjacent to an activating group) is 1. The van der Waals surface area contributed by atoms with E-state index in [-0.39, 0.29) is 10.8 Å². The van der Waals surface area contributed by atoms with E-state index in [0.29, 0.717) is 31.9 Å². The summed E-state index contributed by atoms with van der Waals surface area (Å²) >= 11 is 1.50. The molecule has 1 amide bonds. The van der Waals surface area contributed by atoms with Crippen LogP contribution < -0.4 is 5.32 Å². The number of benzene rings is 2. The van der Waals surface area contributed by atoms with Crippen LogP contribution >= 0.6 is 11.3 Å². The summed E-state index contributed by atoms with van der Waals surface area (Å²) in [5, 5.41) is 3.46. The van der Waals surface area contributed by atoms with E-state index in [4.69, 9.17) is 0 Å². The third-order valence-corrected chi connectivity index (χ3v) is 7.79.